The topological polar surface area (TPSA) is 29.9 Å². The summed E-state index contributed by atoms with van der Waals surface area (Å²) in [6.07, 6.45) is 15.2. The van der Waals surface area contributed by atoms with Crippen LogP contribution in [0, 0.1) is 0 Å². The molecular formula is C18H35N3. The van der Waals surface area contributed by atoms with Gasteiger partial charge in [0.05, 0.1) is 11.7 Å². The van der Waals surface area contributed by atoms with Crippen LogP contribution in [0.3, 0.4) is 0 Å². The third kappa shape index (κ3) is 8.25. The van der Waals surface area contributed by atoms with Crippen LogP contribution in [0.15, 0.2) is 12.4 Å². The maximum Gasteiger partial charge on any atom is 0.0543 e. The molecule has 0 saturated heterocycles. The van der Waals surface area contributed by atoms with E-state index in [0.717, 1.165) is 13.1 Å². The van der Waals surface area contributed by atoms with Gasteiger partial charge in [-0.15, -0.1) is 0 Å². The molecule has 1 aromatic rings. The van der Waals surface area contributed by atoms with Gasteiger partial charge in [0.2, 0.25) is 0 Å². The van der Waals surface area contributed by atoms with Gasteiger partial charge in [-0.2, -0.15) is 5.10 Å². The smallest absolute Gasteiger partial charge is 0.0543 e. The minimum atomic E-state index is 0.0794. The first kappa shape index (κ1) is 18.2. The second kappa shape index (κ2) is 9.99. The highest BCUT2D eigenvalue weighted by Crippen LogP contribution is 2.13. The summed E-state index contributed by atoms with van der Waals surface area (Å²) < 4.78 is 2.04. The lowest BCUT2D eigenvalue weighted by atomic mass is 10.1. The van der Waals surface area contributed by atoms with Gasteiger partial charge in [0, 0.05) is 18.3 Å². The summed E-state index contributed by atoms with van der Waals surface area (Å²) >= 11 is 0. The molecule has 1 N–H and O–H groups in total. The van der Waals surface area contributed by atoms with Crippen molar-refractivity contribution in [3.05, 3.63) is 18.0 Å². The Morgan fingerprint density at radius 2 is 1.62 bits per heavy atom. The van der Waals surface area contributed by atoms with Gasteiger partial charge in [-0.25, -0.2) is 0 Å². The number of rotatable bonds is 11. The van der Waals surface area contributed by atoms with Crippen molar-refractivity contribution in [1.29, 1.82) is 0 Å². The van der Waals surface area contributed by atoms with Crippen molar-refractivity contribution in [2.24, 2.45) is 0 Å². The summed E-state index contributed by atoms with van der Waals surface area (Å²) in [4.78, 5) is 0. The van der Waals surface area contributed by atoms with Crippen LogP contribution in [0.25, 0.3) is 0 Å². The maximum absolute atomic E-state index is 4.43. The van der Waals surface area contributed by atoms with Crippen LogP contribution in [0.4, 0.5) is 0 Å². The fourth-order valence-corrected chi connectivity index (χ4v) is 2.43. The van der Waals surface area contributed by atoms with Gasteiger partial charge >= 0.3 is 0 Å². The Labute approximate surface area is 131 Å². The zero-order valence-electron chi connectivity index (χ0n) is 14.6. The number of nitrogens with one attached hydrogen (secondary N) is 1. The molecule has 0 fully saturated rings. The van der Waals surface area contributed by atoms with Gasteiger partial charge in [-0.3, -0.25) is 4.68 Å². The fraction of sp³-hybridized carbons (Fsp3) is 0.833. The maximum atomic E-state index is 4.43. The largest absolute Gasteiger partial charge is 0.313 e. The number of unbranched alkanes of at least 4 members (excludes halogenated alkanes) is 7. The van der Waals surface area contributed by atoms with Gasteiger partial charge in [0.1, 0.15) is 0 Å². The Kier molecular flexibility index (Phi) is 8.67. The van der Waals surface area contributed by atoms with Gasteiger partial charge in [0.15, 0.2) is 0 Å². The summed E-state index contributed by atoms with van der Waals surface area (Å²) in [7, 11) is 0. The first-order valence-corrected chi connectivity index (χ1v) is 8.79. The monoisotopic (exact) mass is 293 g/mol. The summed E-state index contributed by atoms with van der Waals surface area (Å²) in [5, 5.41) is 7.95. The van der Waals surface area contributed by atoms with E-state index in [1.54, 1.807) is 0 Å². The molecular weight excluding hydrogens is 258 g/mol. The van der Waals surface area contributed by atoms with Crippen molar-refractivity contribution in [3.63, 3.8) is 0 Å². The second-order valence-corrected chi connectivity index (χ2v) is 7.12. The van der Waals surface area contributed by atoms with Crippen molar-refractivity contribution < 1.29 is 0 Å². The van der Waals surface area contributed by atoms with E-state index >= 15 is 0 Å². The minimum absolute atomic E-state index is 0.0794. The molecule has 1 rings (SSSR count). The van der Waals surface area contributed by atoms with Crippen LogP contribution >= 0.6 is 0 Å². The van der Waals surface area contributed by atoms with Crippen LogP contribution in [-0.4, -0.2) is 16.3 Å². The predicted octanol–water partition coefficient (Wildman–Crippen LogP) is 4.87. The Balaban J connectivity index is 1.98. The summed E-state index contributed by atoms with van der Waals surface area (Å²) in [6.45, 7) is 10.9. The van der Waals surface area contributed by atoms with Crippen molar-refractivity contribution in [2.45, 2.75) is 91.1 Å². The molecule has 0 saturated carbocycles. The molecule has 21 heavy (non-hydrogen) atoms. The van der Waals surface area contributed by atoms with Gasteiger partial charge in [-0.1, -0.05) is 51.9 Å². The molecule has 1 aromatic heterocycles. The quantitative estimate of drug-likeness (QED) is 0.590. The summed E-state index contributed by atoms with van der Waals surface area (Å²) in [5.74, 6) is 0. The molecule has 3 nitrogen and oxygen atoms in total. The lowest BCUT2D eigenvalue weighted by molar-refractivity contribution is 0.355. The van der Waals surface area contributed by atoms with E-state index in [1.807, 2.05) is 10.9 Å². The molecule has 0 aliphatic carbocycles. The van der Waals surface area contributed by atoms with E-state index < -0.39 is 0 Å². The number of hydrogen-bond acceptors (Lipinski definition) is 2. The van der Waals surface area contributed by atoms with E-state index in [9.17, 15) is 0 Å². The average molecular weight is 293 g/mol. The zero-order chi connectivity index (χ0) is 15.6. The van der Waals surface area contributed by atoms with Crippen molar-refractivity contribution in [1.82, 2.24) is 15.1 Å². The Bertz CT molecular complexity index is 363. The molecule has 0 atom stereocenters. The first-order chi connectivity index (χ1) is 10.0. The van der Waals surface area contributed by atoms with E-state index in [2.05, 4.69) is 44.3 Å². The normalized spacial score (nSPS) is 12.0. The molecule has 0 spiro atoms. The number of nitrogens with zero attached hydrogens (tertiary/aromatic N) is 2. The Morgan fingerprint density at radius 1 is 1.00 bits per heavy atom. The Morgan fingerprint density at radius 3 is 2.19 bits per heavy atom. The van der Waals surface area contributed by atoms with Gasteiger partial charge in [-0.05, 0) is 33.7 Å². The Hall–Kier alpha value is -0.830. The highest BCUT2D eigenvalue weighted by molar-refractivity contribution is 5.04. The van der Waals surface area contributed by atoms with Crippen LogP contribution in [-0.2, 0) is 12.1 Å². The molecule has 0 unspecified atom stereocenters. The van der Waals surface area contributed by atoms with Crippen molar-refractivity contribution in [3.8, 4) is 0 Å². The third-order valence-corrected chi connectivity index (χ3v) is 3.86. The minimum Gasteiger partial charge on any atom is -0.313 e. The van der Waals surface area contributed by atoms with Gasteiger partial charge < -0.3 is 5.32 Å². The van der Waals surface area contributed by atoms with Crippen LogP contribution in [0.1, 0.15) is 84.6 Å². The highest BCUT2D eigenvalue weighted by Gasteiger charge is 2.13. The lowest BCUT2D eigenvalue weighted by Crippen LogP contribution is -2.22. The van der Waals surface area contributed by atoms with Crippen molar-refractivity contribution in [2.75, 3.05) is 6.54 Å². The third-order valence-electron chi connectivity index (χ3n) is 3.86. The molecule has 0 bridgehead atoms. The standard InChI is InChI=1S/C18H35N3/c1-5-6-7-8-9-10-11-12-13-19-14-17-15-20-21(16-17)18(2,3)4/h15-16,19H,5-14H2,1-4H3. The SMILES string of the molecule is CCCCCCCCCCNCc1cnn(C(C)(C)C)c1. The number of hydrogen-bond donors (Lipinski definition) is 1. The van der Waals surface area contributed by atoms with Gasteiger partial charge in [0.25, 0.3) is 0 Å². The lowest BCUT2D eigenvalue weighted by Gasteiger charge is -2.18. The van der Waals surface area contributed by atoms with E-state index in [-0.39, 0.29) is 5.54 Å². The molecule has 122 valence electrons. The molecule has 1 heterocycles. The van der Waals surface area contributed by atoms with E-state index in [4.69, 9.17) is 0 Å². The van der Waals surface area contributed by atoms with Crippen molar-refractivity contribution >= 4 is 0 Å². The predicted molar refractivity (Wildman–Crippen MR) is 91.5 cm³/mol. The highest BCUT2D eigenvalue weighted by atomic mass is 15.3. The number of aromatic nitrogens is 2. The molecule has 3 heteroatoms. The molecule has 0 aliphatic heterocycles. The molecule has 0 aliphatic rings. The zero-order valence-corrected chi connectivity index (χ0v) is 14.6. The van der Waals surface area contributed by atoms with Crippen LogP contribution < -0.4 is 5.32 Å². The summed E-state index contributed by atoms with van der Waals surface area (Å²) in [6, 6.07) is 0. The molecule has 0 amide bonds. The fourth-order valence-electron chi connectivity index (χ4n) is 2.43. The summed E-state index contributed by atoms with van der Waals surface area (Å²) in [5.41, 5.74) is 1.36. The van der Waals surface area contributed by atoms with Crippen LogP contribution in [0.5, 0.6) is 0 Å². The van der Waals surface area contributed by atoms with Crippen LogP contribution in [0.2, 0.25) is 0 Å². The second-order valence-electron chi connectivity index (χ2n) is 7.12. The van der Waals surface area contributed by atoms with E-state index in [1.165, 1.54) is 56.9 Å². The first-order valence-electron chi connectivity index (χ1n) is 8.79. The molecule has 0 aromatic carbocycles. The average Bonchev–Trinajstić information content (AvgIpc) is 2.90. The molecule has 0 radical (unpaired) electrons. The van der Waals surface area contributed by atoms with E-state index in [0.29, 0.717) is 0 Å².